The van der Waals surface area contributed by atoms with Gasteiger partial charge in [-0.2, -0.15) is 0 Å². The first-order valence-corrected chi connectivity index (χ1v) is 9.73. The molecule has 1 aromatic heterocycles. The van der Waals surface area contributed by atoms with E-state index in [2.05, 4.69) is 10.3 Å². The highest BCUT2D eigenvalue weighted by Crippen LogP contribution is 2.25. The van der Waals surface area contributed by atoms with Crippen LogP contribution in [0.1, 0.15) is 10.5 Å². The Hall–Kier alpha value is -3.34. The molecular formula is C13H14FN7O6S2. The van der Waals surface area contributed by atoms with E-state index in [4.69, 9.17) is 16.7 Å². The van der Waals surface area contributed by atoms with E-state index < -0.39 is 50.9 Å². The second kappa shape index (κ2) is 8.78. The summed E-state index contributed by atoms with van der Waals surface area (Å²) in [5.41, 5.74) is 6.99. The minimum absolute atomic E-state index is 0.250. The molecule has 156 valence electrons. The summed E-state index contributed by atoms with van der Waals surface area (Å²) in [6.07, 6.45) is 0. The molecule has 0 aliphatic rings. The second-order valence-corrected chi connectivity index (χ2v) is 7.77. The lowest BCUT2D eigenvalue weighted by Crippen LogP contribution is -2.52. The highest BCUT2D eigenvalue weighted by atomic mass is 32.2. The van der Waals surface area contributed by atoms with E-state index in [1.165, 1.54) is 0 Å². The molecule has 0 atom stereocenters. The van der Waals surface area contributed by atoms with Crippen LogP contribution in [0.4, 0.5) is 19.9 Å². The Morgan fingerprint density at radius 2 is 2.00 bits per heavy atom. The van der Waals surface area contributed by atoms with E-state index in [0.29, 0.717) is 11.2 Å². The fourth-order valence-corrected chi connectivity index (χ4v) is 3.94. The van der Waals surface area contributed by atoms with Crippen LogP contribution in [0.2, 0.25) is 0 Å². The molecule has 0 unspecified atom stereocenters. The molecule has 1 heterocycles. The van der Waals surface area contributed by atoms with Crippen LogP contribution in [0.3, 0.4) is 0 Å². The first kappa shape index (κ1) is 22.0. The van der Waals surface area contributed by atoms with E-state index >= 15 is 0 Å². The van der Waals surface area contributed by atoms with Crippen LogP contribution >= 0.6 is 11.3 Å². The predicted molar refractivity (Wildman–Crippen MR) is 98.5 cm³/mol. The number of rotatable bonds is 8. The Morgan fingerprint density at radius 1 is 1.31 bits per heavy atom. The van der Waals surface area contributed by atoms with Gasteiger partial charge in [0, 0.05) is 0 Å². The summed E-state index contributed by atoms with van der Waals surface area (Å²) in [6.45, 7) is -0.576. The lowest BCUT2D eigenvalue weighted by molar-refractivity contribution is -0.117. The number of nitrogens with one attached hydrogen (secondary N) is 3. The number of hydrazine groups is 2. The molecular weight excluding hydrogens is 433 g/mol. The van der Waals surface area contributed by atoms with Crippen molar-refractivity contribution in [2.45, 2.75) is 4.90 Å². The Balaban J connectivity index is 2.13. The first-order valence-electron chi connectivity index (χ1n) is 7.37. The predicted octanol–water partition coefficient (Wildman–Crippen LogP) is -0.521. The number of anilines is 2. The molecule has 0 aliphatic carbocycles. The largest absolute Gasteiger partial charge is 0.476 e. The molecule has 0 bridgehead atoms. The van der Waals surface area contributed by atoms with Crippen molar-refractivity contribution in [3.8, 4) is 0 Å². The smallest absolute Gasteiger partial charge is 0.357 e. The number of amides is 3. The Kier molecular flexibility index (Phi) is 6.64. The number of carboxylic acid groups (broad SMARTS) is 1. The molecule has 0 saturated heterocycles. The quantitative estimate of drug-likeness (QED) is 0.227. The van der Waals surface area contributed by atoms with Gasteiger partial charge in [0.1, 0.15) is 17.4 Å². The van der Waals surface area contributed by atoms with Crippen molar-refractivity contribution in [2.75, 3.05) is 16.6 Å². The maximum Gasteiger partial charge on any atom is 0.357 e. The molecule has 2 rings (SSSR count). The van der Waals surface area contributed by atoms with Crippen molar-refractivity contribution in [3.05, 3.63) is 35.2 Å². The van der Waals surface area contributed by atoms with Gasteiger partial charge < -0.3 is 16.2 Å². The average molecular weight is 447 g/mol. The number of benzene rings is 1. The zero-order chi connectivity index (χ0) is 21.8. The van der Waals surface area contributed by atoms with E-state index in [1.807, 2.05) is 10.1 Å². The number of carbonyl (C=O) groups excluding carboxylic acids is 2. The standard InChI is InChI=1S/C13H14FN7O6S2/c14-7-3-6(29(26,27)20-11-10(12(23)24)17-5-28-11)1-2-8(7)18-9(22)4-21(16)19-13(15)25/h1-3,5,20H,4,16H2,(H,18,22)(H,23,24)(H3,15,19,25). The van der Waals surface area contributed by atoms with Gasteiger partial charge in [-0.3, -0.25) is 20.8 Å². The SMILES string of the molecule is NC(=O)NN(N)CC(=O)Nc1ccc(S(=O)(=O)Nc2scnc2C(=O)O)cc1F. The summed E-state index contributed by atoms with van der Waals surface area (Å²) in [7, 11) is -4.32. The third-order valence-electron chi connectivity index (χ3n) is 3.09. The van der Waals surface area contributed by atoms with Crippen LogP contribution in [-0.4, -0.2) is 48.1 Å². The average Bonchev–Trinajstić information content (AvgIpc) is 3.03. The van der Waals surface area contributed by atoms with Crippen LogP contribution in [-0.2, 0) is 14.8 Å². The zero-order valence-corrected chi connectivity index (χ0v) is 15.9. The van der Waals surface area contributed by atoms with Gasteiger partial charge in [-0.15, -0.1) is 16.5 Å². The van der Waals surface area contributed by atoms with Crippen molar-refractivity contribution in [1.82, 2.24) is 15.5 Å². The van der Waals surface area contributed by atoms with E-state index in [9.17, 15) is 27.2 Å². The van der Waals surface area contributed by atoms with Crippen molar-refractivity contribution in [1.29, 1.82) is 0 Å². The van der Waals surface area contributed by atoms with Gasteiger partial charge in [-0.05, 0) is 18.2 Å². The normalized spacial score (nSPS) is 11.1. The molecule has 0 spiro atoms. The first-order chi connectivity index (χ1) is 13.5. The monoisotopic (exact) mass is 447 g/mol. The van der Waals surface area contributed by atoms with Gasteiger partial charge in [0.15, 0.2) is 5.69 Å². The number of aromatic carboxylic acids is 1. The number of thiazole rings is 1. The number of nitrogens with two attached hydrogens (primary N) is 2. The molecule has 13 nitrogen and oxygen atoms in total. The van der Waals surface area contributed by atoms with E-state index in [-0.39, 0.29) is 10.7 Å². The Morgan fingerprint density at radius 3 is 2.59 bits per heavy atom. The zero-order valence-electron chi connectivity index (χ0n) is 14.2. The van der Waals surface area contributed by atoms with Gasteiger partial charge in [0.05, 0.1) is 16.1 Å². The van der Waals surface area contributed by atoms with Crippen molar-refractivity contribution in [2.24, 2.45) is 11.6 Å². The lowest BCUT2D eigenvalue weighted by atomic mass is 10.3. The van der Waals surface area contributed by atoms with Gasteiger partial charge in [-0.1, -0.05) is 0 Å². The summed E-state index contributed by atoms with van der Waals surface area (Å²) in [6, 6.07) is 1.58. The Bertz CT molecular complexity index is 1060. The third kappa shape index (κ3) is 5.82. The molecule has 8 N–H and O–H groups in total. The molecule has 0 radical (unpaired) electrons. The highest BCUT2D eigenvalue weighted by molar-refractivity contribution is 7.93. The molecule has 16 heteroatoms. The fraction of sp³-hybridized carbons (Fsp3) is 0.0769. The number of sulfonamides is 1. The number of hydrogen-bond donors (Lipinski definition) is 6. The maximum atomic E-state index is 14.2. The number of halogens is 1. The van der Waals surface area contributed by atoms with Crippen LogP contribution in [0.25, 0.3) is 0 Å². The summed E-state index contributed by atoms with van der Waals surface area (Å²) >= 11 is 0.737. The van der Waals surface area contributed by atoms with Crippen molar-refractivity contribution >= 4 is 50.0 Å². The minimum atomic E-state index is -4.32. The summed E-state index contributed by atoms with van der Waals surface area (Å²) in [5.74, 6) is 1.93. The molecule has 0 aliphatic heterocycles. The van der Waals surface area contributed by atoms with Crippen molar-refractivity contribution in [3.63, 3.8) is 0 Å². The van der Waals surface area contributed by atoms with E-state index in [1.54, 1.807) is 0 Å². The summed E-state index contributed by atoms with van der Waals surface area (Å²) < 4.78 is 41.0. The lowest BCUT2D eigenvalue weighted by Gasteiger charge is -2.15. The number of nitrogens with zero attached hydrogens (tertiary/aromatic N) is 2. The van der Waals surface area contributed by atoms with Gasteiger partial charge in [0.2, 0.25) is 5.91 Å². The van der Waals surface area contributed by atoms with Crippen LogP contribution in [0, 0.1) is 5.82 Å². The molecule has 2 aromatic rings. The highest BCUT2D eigenvalue weighted by Gasteiger charge is 2.22. The van der Waals surface area contributed by atoms with Gasteiger partial charge in [0.25, 0.3) is 10.0 Å². The van der Waals surface area contributed by atoms with Crippen molar-refractivity contribution < 1.29 is 32.3 Å². The van der Waals surface area contributed by atoms with Crippen LogP contribution in [0.15, 0.2) is 28.6 Å². The number of aromatic nitrogens is 1. The molecule has 0 saturated carbocycles. The summed E-state index contributed by atoms with van der Waals surface area (Å²) in [5, 5.41) is 11.4. The van der Waals surface area contributed by atoms with Crippen LogP contribution in [0.5, 0.6) is 0 Å². The maximum absolute atomic E-state index is 14.2. The summed E-state index contributed by atoms with van der Waals surface area (Å²) in [4.78, 5) is 36.4. The number of hydrogen-bond acceptors (Lipinski definition) is 9. The number of carbonyl (C=O) groups is 3. The molecule has 0 fully saturated rings. The van der Waals surface area contributed by atoms with E-state index in [0.717, 1.165) is 29.0 Å². The fourth-order valence-electron chi connectivity index (χ4n) is 1.94. The number of urea groups is 1. The number of primary amides is 1. The van der Waals surface area contributed by atoms with Gasteiger partial charge in [-0.25, -0.2) is 27.4 Å². The Labute approximate surface area is 166 Å². The second-order valence-electron chi connectivity index (χ2n) is 5.23. The number of carboxylic acids is 1. The molecule has 3 amide bonds. The molecule has 29 heavy (non-hydrogen) atoms. The molecule has 1 aromatic carbocycles. The van der Waals surface area contributed by atoms with Gasteiger partial charge >= 0.3 is 12.0 Å². The third-order valence-corrected chi connectivity index (χ3v) is 5.31. The topological polar surface area (TPSA) is 210 Å². The van der Waals surface area contributed by atoms with Crippen LogP contribution < -0.4 is 27.0 Å². The minimum Gasteiger partial charge on any atom is -0.476 e.